The van der Waals surface area contributed by atoms with Gasteiger partial charge in [0, 0.05) is 27.1 Å². The summed E-state index contributed by atoms with van der Waals surface area (Å²) < 4.78 is 15.6. The molecule has 0 bridgehead atoms. The highest BCUT2D eigenvalue weighted by Gasteiger charge is 2.31. The molecule has 1 atom stereocenters. The number of Topliss-reactive ketones (excluding diaryl/α,β-unsaturated/α-hetero) is 1. The summed E-state index contributed by atoms with van der Waals surface area (Å²) in [5, 5.41) is 0. The number of carbonyl (C=O) groups is 1. The van der Waals surface area contributed by atoms with Gasteiger partial charge < -0.3 is 13.6 Å². The highest BCUT2D eigenvalue weighted by molar-refractivity contribution is 6.66. The second kappa shape index (κ2) is 5.02. The number of epoxide rings is 1. The zero-order chi connectivity index (χ0) is 10.6. The predicted molar refractivity (Wildman–Crippen MR) is 54.4 cm³/mol. The van der Waals surface area contributed by atoms with Crippen LogP contribution in [0.25, 0.3) is 0 Å². The summed E-state index contributed by atoms with van der Waals surface area (Å²) in [5.74, 6) is 0.250. The zero-order valence-electron chi connectivity index (χ0n) is 9.04. The fourth-order valence-electron chi connectivity index (χ4n) is 1.20. The molecule has 0 saturated carbocycles. The van der Waals surface area contributed by atoms with Crippen LogP contribution >= 0.6 is 0 Å². The Morgan fingerprint density at radius 1 is 1.50 bits per heavy atom. The van der Waals surface area contributed by atoms with E-state index < -0.39 is 8.56 Å². The highest BCUT2D eigenvalue weighted by Crippen LogP contribution is 2.18. The molecule has 0 aromatic rings. The van der Waals surface area contributed by atoms with Gasteiger partial charge in [-0.15, -0.1) is 0 Å². The number of ketones is 1. The number of carbonyl (C=O) groups excluding carboxylic acids is 1. The standard InChI is InChI=1S/C9H18O4Si/c1-11-14(3,12-2)5-4-8(10)6-9-7-13-9/h9H,4-7H2,1-3H3. The van der Waals surface area contributed by atoms with Crippen LogP contribution in [0.3, 0.4) is 0 Å². The average Bonchev–Trinajstić information content (AvgIpc) is 2.98. The quantitative estimate of drug-likeness (QED) is 0.474. The molecule has 1 rings (SSSR count). The number of rotatable bonds is 7. The summed E-state index contributed by atoms with van der Waals surface area (Å²) in [6.07, 6.45) is 1.29. The molecule has 1 heterocycles. The van der Waals surface area contributed by atoms with Crippen molar-refractivity contribution in [3.63, 3.8) is 0 Å². The summed E-state index contributed by atoms with van der Waals surface area (Å²) >= 11 is 0. The minimum atomic E-state index is -2.05. The third-order valence-electron chi connectivity index (χ3n) is 2.58. The molecule has 1 fully saturated rings. The largest absolute Gasteiger partial charge is 0.398 e. The molecule has 1 aliphatic heterocycles. The van der Waals surface area contributed by atoms with Crippen molar-refractivity contribution in [2.45, 2.75) is 31.5 Å². The molecule has 0 aromatic carbocycles. The van der Waals surface area contributed by atoms with E-state index in [0.717, 1.165) is 12.7 Å². The Hall–Kier alpha value is -0.233. The van der Waals surface area contributed by atoms with Gasteiger partial charge in [-0.3, -0.25) is 4.79 Å². The number of hydrogen-bond acceptors (Lipinski definition) is 4. The fourth-order valence-corrected chi connectivity index (χ4v) is 2.50. The first-order chi connectivity index (χ1) is 6.59. The van der Waals surface area contributed by atoms with E-state index in [2.05, 4.69) is 0 Å². The van der Waals surface area contributed by atoms with Crippen LogP contribution in [0.1, 0.15) is 12.8 Å². The van der Waals surface area contributed by atoms with E-state index in [1.165, 1.54) is 0 Å². The number of ether oxygens (including phenoxy) is 1. The topological polar surface area (TPSA) is 48.1 Å². The minimum Gasteiger partial charge on any atom is -0.398 e. The van der Waals surface area contributed by atoms with E-state index in [4.69, 9.17) is 13.6 Å². The van der Waals surface area contributed by atoms with Gasteiger partial charge in [-0.25, -0.2) is 0 Å². The van der Waals surface area contributed by atoms with E-state index in [9.17, 15) is 4.79 Å². The lowest BCUT2D eigenvalue weighted by Gasteiger charge is -2.21. The lowest BCUT2D eigenvalue weighted by atomic mass is 10.2. The van der Waals surface area contributed by atoms with Crippen LogP contribution < -0.4 is 0 Å². The van der Waals surface area contributed by atoms with Gasteiger partial charge in [-0.05, 0) is 12.6 Å². The Kier molecular flexibility index (Phi) is 4.24. The average molecular weight is 218 g/mol. The Morgan fingerprint density at radius 3 is 2.50 bits per heavy atom. The lowest BCUT2D eigenvalue weighted by Crippen LogP contribution is -2.36. The predicted octanol–water partition coefficient (Wildman–Crippen LogP) is 1.10. The molecule has 0 aromatic heterocycles. The third kappa shape index (κ3) is 3.87. The molecule has 0 amide bonds. The van der Waals surface area contributed by atoms with Gasteiger partial charge >= 0.3 is 8.56 Å². The molecule has 0 radical (unpaired) electrons. The van der Waals surface area contributed by atoms with Gasteiger partial charge in [0.1, 0.15) is 5.78 Å². The summed E-state index contributed by atoms with van der Waals surface area (Å²) in [5.41, 5.74) is 0. The summed E-state index contributed by atoms with van der Waals surface area (Å²) in [6, 6.07) is 0.728. The van der Waals surface area contributed by atoms with Crippen LogP contribution in [-0.4, -0.2) is 41.3 Å². The van der Waals surface area contributed by atoms with Crippen LogP contribution in [0.2, 0.25) is 12.6 Å². The highest BCUT2D eigenvalue weighted by atomic mass is 28.4. The van der Waals surface area contributed by atoms with Crippen molar-refractivity contribution in [3.05, 3.63) is 0 Å². The normalized spacial score (nSPS) is 20.9. The SMILES string of the molecule is CO[Si](C)(CCC(=O)CC1CO1)OC. The molecule has 5 heteroatoms. The van der Waals surface area contributed by atoms with Crippen LogP contribution in [0, 0.1) is 0 Å². The van der Waals surface area contributed by atoms with E-state index in [0.29, 0.717) is 12.8 Å². The van der Waals surface area contributed by atoms with Crippen LogP contribution in [0.5, 0.6) is 0 Å². The van der Waals surface area contributed by atoms with E-state index >= 15 is 0 Å². The Bertz CT molecular complexity index is 199. The minimum absolute atomic E-state index is 0.195. The summed E-state index contributed by atoms with van der Waals surface area (Å²) in [4.78, 5) is 11.4. The van der Waals surface area contributed by atoms with Gasteiger partial charge in [0.2, 0.25) is 0 Å². The maximum absolute atomic E-state index is 11.4. The van der Waals surface area contributed by atoms with Gasteiger partial charge in [0.25, 0.3) is 0 Å². The van der Waals surface area contributed by atoms with Crippen LogP contribution in [0.4, 0.5) is 0 Å². The van der Waals surface area contributed by atoms with Crippen molar-refractivity contribution in [3.8, 4) is 0 Å². The first-order valence-corrected chi connectivity index (χ1v) is 7.35. The molecule has 1 aliphatic rings. The second-order valence-corrected chi connectivity index (χ2v) is 7.32. The molecular formula is C9H18O4Si. The van der Waals surface area contributed by atoms with E-state index in [-0.39, 0.29) is 11.9 Å². The van der Waals surface area contributed by atoms with Gasteiger partial charge in [-0.1, -0.05) is 0 Å². The molecule has 0 aliphatic carbocycles. The fraction of sp³-hybridized carbons (Fsp3) is 0.889. The molecule has 0 N–H and O–H groups in total. The molecular weight excluding hydrogens is 200 g/mol. The molecule has 4 nitrogen and oxygen atoms in total. The molecule has 0 spiro atoms. The Morgan fingerprint density at radius 2 is 2.07 bits per heavy atom. The zero-order valence-corrected chi connectivity index (χ0v) is 10.0. The van der Waals surface area contributed by atoms with Crippen LogP contribution in [-0.2, 0) is 18.4 Å². The molecule has 14 heavy (non-hydrogen) atoms. The van der Waals surface area contributed by atoms with Crippen molar-refractivity contribution >= 4 is 14.3 Å². The molecule has 1 saturated heterocycles. The summed E-state index contributed by atoms with van der Waals surface area (Å²) in [6.45, 7) is 2.71. The van der Waals surface area contributed by atoms with Crippen molar-refractivity contribution < 1.29 is 18.4 Å². The Balaban J connectivity index is 2.19. The monoisotopic (exact) mass is 218 g/mol. The van der Waals surface area contributed by atoms with Crippen LogP contribution in [0.15, 0.2) is 0 Å². The third-order valence-corrected chi connectivity index (χ3v) is 5.46. The van der Waals surface area contributed by atoms with E-state index in [1.807, 2.05) is 6.55 Å². The van der Waals surface area contributed by atoms with Gasteiger partial charge in [0.15, 0.2) is 0 Å². The summed E-state index contributed by atoms with van der Waals surface area (Å²) in [7, 11) is 1.23. The first kappa shape index (κ1) is 11.8. The van der Waals surface area contributed by atoms with Crippen molar-refractivity contribution in [2.75, 3.05) is 20.8 Å². The molecule has 82 valence electrons. The maximum Gasteiger partial charge on any atom is 0.334 e. The lowest BCUT2D eigenvalue weighted by molar-refractivity contribution is -0.119. The van der Waals surface area contributed by atoms with Gasteiger partial charge in [0.05, 0.1) is 12.7 Å². The molecule has 1 unspecified atom stereocenters. The Labute approximate surface area is 85.8 Å². The van der Waals surface area contributed by atoms with Gasteiger partial charge in [-0.2, -0.15) is 0 Å². The van der Waals surface area contributed by atoms with Crippen molar-refractivity contribution in [2.24, 2.45) is 0 Å². The smallest absolute Gasteiger partial charge is 0.334 e. The van der Waals surface area contributed by atoms with E-state index in [1.54, 1.807) is 14.2 Å². The van der Waals surface area contributed by atoms with Crippen molar-refractivity contribution in [1.29, 1.82) is 0 Å². The second-order valence-electron chi connectivity index (χ2n) is 3.74. The first-order valence-electron chi connectivity index (χ1n) is 4.83. The van der Waals surface area contributed by atoms with Crippen molar-refractivity contribution in [1.82, 2.24) is 0 Å². The number of hydrogen-bond donors (Lipinski definition) is 0. The maximum atomic E-state index is 11.4.